The number of benzene rings is 2. The summed E-state index contributed by atoms with van der Waals surface area (Å²) in [6, 6.07) is 8.29. The fourth-order valence-corrected chi connectivity index (χ4v) is 4.34. The minimum absolute atomic E-state index is 0.0152. The van der Waals surface area contributed by atoms with Crippen LogP contribution in [0.2, 0.25) is 0 Å². The second kappa shape index (κ2) is 8.82. The minimum atomic E-state index is -1.09. The number of phenolic OH excluding ortho intramolecular Hbond substituents is 1. The van der Waals surface area contributed by atoms with Gasteiger partial charge in [-0.2, -0.15) is 0 Å². The molecule has 0 atom stereocenters. The zero-order valence-electron chi connectivity index (χ0n) is 18.2. The molecule has 32 heavy (non-hydrogen) atoms. The maximum atomic E-state index is 15.3. The summed E-state index contributed by atoms with van der Waals surface area (Å²) in [4.78, 5) is 17.4. The Hall–Kier alpha value is -3.06. The van der Waals surface area contributed by atoms with E-state index in [1.54, 1.807) is 32.0 Å². The normalized spacial score (nSPS) is 18.8. The van der Waals surface area contributed by atoms with Crippen molar-refractivity contribution in [3.8, 4) is 16.9 Å². The number of Topliss-reactive ketones (excluding diaryl/α,β-unsaturated/α-hetero) is 1. The molecule has 5 nitrogen and oxygen atoms in total. The van der Waals surface area contributed by atoms with Gasteiger partial charge in [0.1, 0.15) is 0 Å². The van der Waals surface area contributed by atoms with Gasteiger partial charge in [-0.15, -0.1) is 0 Å². The van der Waals surface area contributed by atoms with Crippen LogP contribution in [0, 0.1) is 17.6 Å². The highest BCUT2D eigenvalue weighted by molar-refractivity contribution is 6.11. The number of nitrogens with two attached hydrogens (primary N) is 1. The molecule has 1 aliphatic carbocycles. The van der Waals surface area contributed by atoms with Crippen molar-refractivity contribution in [2.75, 3.05) is 5.32 Å². The molecule has 1 heterocycles. The molecule has 0 aliphatic heterocycles. The van der Waals surface area contributed by atoms with E-state index in [1.807, 2.05) is 6.07 Å². The summed E-state index contributed by atoms with van der Waals surface area (Å²) in [6.07, 6.45) is 4.50. The quantitative estimate of drug-likeness (QED) is 0.463. The predicted molar refractivity (Wildman–Crippen MR) is 122 cm³/mol. The molecule has 0 amide bonds. The van der Waals surface area contributed by atoms with Gasteiger partial charge in [0.15, 0.2) is 23.2 Å². The maximum absolute atomic E-state index is 15.3. The number of para-hydroxylation sites is 1. The number of anilines is 1. The summed E-state index contributed by atoms with van der Waals surface area (Å²) < 4.78 is 29.8. The van der Waals surface area contributed by atoms with Crippen molar-refractivity contribution in [1.29, 1.82) is 0 Å². The second-order valence-electron chi connectivity index (χ2n) is 8.78. The molecular weight excluding hydrogens is 412 g/mol. The molecule has 4 N–H and O–H groups in total. The van der Waals surface area contributed by atoms with Crippen LogP contribution in [0.4, 0.5) is 14.5 Å². The van der Waals surface area contributed by atoms with Crippen LogP contribution in [0.3, 0.4) is 0 Å². The molecule has 4 rings (SSSR count). The molecule has 1 fully saturated rings. The van der Waals surface area contributed by atoms with Crippen LogP contribution in [0.1, 0.15) is 49.9 Å². The lowest BCUT2D eigenvalue weighted by atomic mass is 9.88. The summed E-state index contributed by atoms with van der Waals surface area (Å²) in [5.41, 5.74) is 7.46. The molecule has 0 radical (unpaired) electrons. The topological polar surface area (TPSA) is 88.2 Å². The van der Waals surface area contributed by atoms with Crippen LogP contribution in [-0.4, -0.2) is 28.0 Å². The summed E-state index contributed by atoms with van der Waals surface area (Å²) in [5, 5.41) is 13.8. The first kappa shape index (κ1) is 22.1. The van der Waals surface area contributed by atoms with Crippen LogP contribution < -0.4 is 11.1 Å². The van der Waals surface area contributed by atoms with E-state index in [9.17, 15) is 14.3 Å². The zero-order chi connectivity index (χ0) is 23.0. The van der Waals surface area contributed by atoms with E-state index < -0.39 is 17.4 Å². The lowest BCUT2D eigenvalue weighted by Gasteiger charge is -2.29. The third kappa shape index (κ3) is 4.05. The number of fused-ring (bicyclic) bond motifs is 1. The molecule has 1 saturated carbocycles. The van der Waals surface area contributed by atoms with Crippen LogP contribution in [-0.2, 0) is 0 Å². The molecule has 168 valence electrons. The first-order valence-corrected chi connectivity index (χ1v) is 10.9. The maximum Gasteiger partial charge on any atom is 0.191 e. The third-order valence-corrected chi connectivity index (χ3v) is 6.15. The fraction of sp³-hybridized carbons (Fsp3) is 0.360. The molecule has 1 aliphatic rings. The molecule has 0 spiro atoms. The van der Waals surface area contributed by atoms with Gasteiger partial charge < -0.3 is 16.2 Å². The zero-order valence-corrected chi connectivity index (χ0v) is 18.2. The van der Waals surface area contributed by atoms with E-state index >= 15 is 4.39 Å². The molecule has 1 aromatic heterocycles. The highest BCUT2D eigenvalue weighted by Crippen LogP contribution is 2.42. The average Bonchev–Trinajstić information content (AvgIpc) is 2.79. The van der Waals surface area contributed by atoms with Crippen LogP contribution in [0.25, 0.3) is 22.0 Å². The predicted octanol–water partition coefficient (Wildman–Crippen LogP) is 5.41. The number of carbonyl (C=O) groups excluding carboxylic acids is 1. The number of hydrogen-bond acceptors (Lipinski definition) is 5. The lowest BCUT2D eigenvalue weighted by molar-refractivity contribution is 0.0940. The number of carbonyl (C=O) groups is 1. The molecule has 7 heteroatoms. The average molecular weight is 440 g/mol. The first-order chi connectivity index (χ1) is 15.3. The summed E-state index contributed by atoms with van der Waals surface area (Å²) >= 11 is 0. The van der Waals surface area contributed by atoms with Gasteiger partial charge in [0.2, 0.25) is 0 Å². The van der Waals surface area contributed by atoms with Crippen LogP contribution in [0.15, 0.2) is 36.5 Å². The van der Waals surface area contributed by atoms with Crippen molar-refractivity contribution in [3.63, 3.8) is 0 Å². The van der Waals surface area contributed by atoms with Crippen molar-refractivity contribution >= 4 is 22.4 Å². The van der Waals surface area contributed by atoms with Gasteiger partial charge in [-0.1, -0.05) is 32.0 Å². The fourth-order valence-electron chi connectivity index (χ4n) is 4.34. The highest BCUT2D eigenvalue weighted by Gasteiger charge is 2.28. The first-order valence-electron chi connectivity index (χ1n) is 10.9. The Morgan fingerprint density at radius 3 is 2.56 bits per heavy atom. The van der Waals surface area contributed by atoms with Crippen molar-refractivity contribution in [1.82, 2.24) is 4.98 Å². The number of nitrogens with one attached hydrogen (secondary N) is 1. The third-order valence-electron chi connectivity index (χ3n) is 6.15. The van der Waals surface area contributed by atoms with Crippen molar-refractivity contribution in [2.24, 2.45) is 11.7 Å². The molecule has 0 saturated heterocycles. The number of aromatic nitrogens is 1. The standard InChI is InChI=1S/C25H27F2N3O2/c1-13(2)24(31)18-12-29-20-6-4-3-5-16(20)21(18)17-11-19(26)25(32)22(27)23(17)30-15-9-7-14(28)8-10-15/h3-6,11-15,30,32H,7-10,28H2,1-2H3. The van der Waals surface area contributed by atoms with Gasteiger partial charge in [0, 0.05) is 46.3 Å². The Labute approximate surface area is 185 Å². The summed E-state index contributed by atoms with van der Waals surface area (Å²) in [5.74, 6) is -3.71. The van der Waals surface area contributed by atoms with Crippen LogP contribution >= 0.6 is 0 Å². The molecule has 0 bridgehead atoms. The van der Waals surface area contributed by atoms with Gasteiger partial charge in [0.05, 0.1) is 11.2 Å². The molecular formula is C25H27F2N3O2. The minimum Gasteiger partial charge on any atom is -0.503 e. The number of phenols is 1. The van der Waals surface area contributed by atoms with Gasteiger partial charge in [-0.3, -0.25) is 9.78 Å². The highest BCUT2D eigenvalue weighted by atomic mass is 19.1. The van der Waals surface area contributed by atoms with Gasteiger partial charge in [0.25, 0.3) is 0 Å². The Morgan fingerprint density at radius 2 is 1.88 bits per heavy atom. The van der Waals surface area contributed by atoms with Crippen LogP contribution in [0.5, 0.6) is 5.75 Å². The van der Waals surface area contributed by atoms with E-state index in [2.05, 4.69) is 10.3 Å². The van der Waals surface area contributed by atoms with E-state index in [0.717, 1.165) is 31.7 Å². The SMILES string of the molecule is CC(C)C(=O)c1cnc2ccccc2c1-c1cc(F)c(O)c(F)c1NC1CCC(N)CC1. The number of halogens is 2. The molecule has 3 aromatic rings. The lowest BCUT2D eigenvalue weighted by Crippen LogP contribution is -2.33. The monoisotopic (exact) mass is 439 g/mol. The number of rotatable bonds is 5. The number of nitrogens with zero attached hydrogens (tertiary/aromatic N) is 1. The number of hydrogen-bond donors (Lipinski definition) is 3. The summed E-state index contributed by atoms with van der Waals surface area (Å²) in [7, 11) is 0. The second-order valence-corrected chi connectivity index (χ2v) is 8.78. The van der Waals surface area contributed by atoms with Crippen molar-refractivity contribution in [2.45, 2.75) is 51.6 Å². The van der Waals surface area contributed by atoms with Gasteiger partial charge in [-0.25, -0.2) is 8.78 Å². The Morgan fingerprint density at radius 1 is 1.19 bits per heavy atom. The van der Waals surface area contributed by atoms with Crippen molar-refractivity contribution < 1.29 is 18.7 Å². The van der Waals surface area contributed by atoms with Crippen molar-refractivity contribution in [3.05, 3.63) is 53.7 Å². The van der Waals surface area contributed by atoms with E-state index in [0.29, 0.717) is 16.5 Å². The Balaban J connectivity index is 1.97. The summed E-state index contributed by atoms with van der Waals surface area (Å²) in [6.45, 7) is 3.54. The van der Waals surface area contributed by atoms with E-state index in [4.69, 9.17) is 5.73 Å². The Kier molecular flexibility index (Phi) is 6.11. The van der Waals surface area contributed by atoms with E-state index in [1.165, 1.54) is 6.20 Å². The Bertz CT molecular complexity index is 1170. The number of aromatic hydroxyl groups is 1. The molecule has 2 aromatic carbocycles. The van der Waals surface area contributed by atoms with Gasteiger partial charge in [-0.05, 0) is 37.8 Å². The smallest absolute Gasteiger partial charge is 0.191 e. The van der Waals surface area contributed by atoms with Gasteiger partial charge >= 0.3 is 0 Å². The number of ketones is 1. The largest absolute Gasteiger partial charge is 0.503 e. The molecule has 0 unspecified atom stereocenters. The number of pyridine rings is 1. The van der Waals surface area contributed by atoms with E-state index in [-0.39, 0.29) is 40.6 Å².